The Bertz CT molecular complexity index is 848. The minimum absolute atomic E-state index is 0.125. The predicted molar refractivity (Wildman–Crippen MR) is 102 cm³/mol. The number of rotatable bonds is 8. The Morgan fingerprint density at radius 3 is 2.93 bits per heavy atom. The summed E-state index contributed by atoms with van der Waals surface area (Å²) in [6.07, 6.45) is 1.87. The Labute approximate surface area is 161 Å². The second-order valence-corrected chi connectivity index (χ2v) is 7.24. The fourth-order valence-electron chi connectivity index (χ4n) is 2.75. The maximum atomic E-state index is 12.3. The zero-order valence-electron chi connectivity index (χ0n) is 15.5. The van der Waals surface area contributed by atoms with Crippen LogP contribution in [0.3, 0.4) is 0 Å². The molecule has 0 unspecified atom stereocenters. The zero-order valence-corrected chi connectivity index (χ0v) is 16.3. The van der Waals surface area contributed by atoms with Gasteiger partial charge in [0.15, 0.2) is 16.7 Å². The first kappa shape index (κ1) is 19.3. The molecule has 1 aliphatic rings. The van der Waals surface area contributed by atoms with Crippen LogP contribution in [0.1, 0.15) is 38.3 Å². The van der Waals surface area contributed by atoms with Crippen molar-refractivity contribution in [2.24, 2.45) is 0 Å². The van der Waals surface area contributed by atoms with Crippen LogP contribution in [0.15, 0.2) is 28.2 Å². The molecule has 0 spiro atoms. The molecule has 8 nitrogen and oxygen atoms in total. The van der Waals surface area contributed by atoms with Crippen LogP contribution in [0, 0.1) is 0 Å². The van der Waals surface area contributed by atoms with E-state index in [4.69, 9.17) is 9.47 Å². The van der Waals surface area contributed by atoms with Crippen molar-refractivity contribution in [3.05, 3.63) is 34.2 Å². The summed E-state index contributed by atoms with van der Waals surface area (Å²) < 4.78 is 12.7. The number of nitrogens with zero attached hydrogens (tertiary/aromatic N) is 2. The predicted octanol–water partition coefficient (Wildman–Crippen LogP) is 2.11. The number of hydrogen-bond acceptors (Lipinski definition) is 6. The lowest BCUT2D eigenvalue weighted by Gasteiger charge is -2.21. The van der Waals surface area contributed by atoms with Gasteiger partial charge in [-0.1, -0.05) is 31.2 Å². The average Bonchev–Trinajstić information content (AvgIpc) is 3.03. The van der Waals surface area contributed by atoms with Crippen LogP contribution in [0.5, 0.6) is 11.5 Å². The number of thioether (sulfide) groups is 1. The van der Waals surface area contributed by atoms with Gasteiger partial charge >= 0.3 is 5.69 Å². The molecule has 1 aromatic carbocycles. The standard InChI is InChI=1S/C18H24N4O4S/c1-3-4-7-22-17(24)20-21-18(22)27-11-16(23)19-12(2)13-5-6-14-15(10-13)26-9-8-25-14/h5-6,10,12H,3-4,7-9,11H2,1-2H3,(H,19,23)(H,20,24)/t12-/m1/s1. The van der Waals surface area contributed by atoms with E-state index >= 15 is 0 Å². The van der Waals surface area contributed by atoms with E-state index in [1.54, 1.807) is 4.57 Å². The van der Waals surface area contributed by atoms with E-state index in [0.717, 1.165) is 24.2 Å². The Balaban J connectivity index is 1.56. The quantitative estimate of drug-likeness (QED) is 0.668. The average molecular weight is 392 g/mol. The first-order valence-corrected chi connectivity index (χ1v) is 10.0. The largest absolute Gasteiger partial charge is 0.486 e. The van der Waals surface area contributed by atoms with Crippen molar-refractivity contribution in [3.63, 3.8) is 0 Å². The van der Waals surface area contributed by atoms with Crippen molar-refractivity contribution in [3.8, 4) is 11.5 Å². The number of nitrogens with one attached hydrogen (secondary N) is 2. The second-order valence-electron chi connectivity index (χ2n) is 6.30. The summed E-state index contributed by atoms with van der Waals surface area (Å²) in [5.74, 6) is 1.49. The third-order valence-corrected chi connectivity index (χ3v) is 5.21. The van der Waals surface area contributed by atoms with Gasteiger partial charge in [0.05, 0.1) is 11.8 Å². The van der Waals surface area contributed by atoms with E-state index in [0.29, 0.717) is 30.7 Å². The molecule has 9 heteroatoms. The van der Waals surface area contributed by atoms with Gasteiger partial charge < -0.3 is 14.8 Å². The number of benzene rings is 1. The van der Waals surface area contributed by atoms with Crippen molar-refractivity contribution in [1.82, 2.24) is 20.1 Å². The van der Waals surface area contributed by atoms with E-state index in [-0.39, 0.29) is 23.4 Å². The minimum Gasteiger partial charge on any atom is -0.486 e. The van der Waals surface area contributed by atoms with Crippen LogP contribution in [-0.4, -0.2) is 39.6 Å². The van der Waals surface area contributed by atoms with Crippen molar-refractivity contribution in [1.29, 1.82) is 0 Å². The van der Waals surface area contributed by atoms with Crippen LogP contribution in [0.4, 0.5) is 0 Å². The first-order chi connectivity index (χ1) is 13.1. The summed E-state index contributed by atoms with van der Waals surface area (Å²) in [6.45, 7) is 5.65. The summed E-state index contributed by atoms with van der Waals surface area (Å²) >= 11 is 1.25. The lowest BCUT2D eigenvalue weighted by Crippen LogP contribution is -2.28. The normalized spacial score (nSPS) is 14.0. The summed E-state index contributed by atoms with van der Waals surface area (Å²) in [4.78, 5) is 24.1. The van der Waals surface area contributed by atoms with E-state index in [2.05, 4.69) is 22.4 Å². The molecule has 0 fully saturated rings. The summed E-state index contributed by atoms with van der Waals surface area (Å²) in [5.41, 5.74) is 0.702. The molecule has 3 rings (SSSR count). The number of amides is 1. The molecule has 1 aliphatic heterocycles. The molecular weight excluding hydrogens is 368 g/mol. The van der Waals surface area contributed by atoms with Crippen LogP contribution >= 0.6 is 11.8 Å². The number of carbonyl (C=O) groups excluding carboxylic acids is 1. The number of aromatic nitrogens is 3. The highest BCUT2D eigenvalue weighted by molar-refractivity contribution is 7.99. The number of ether oxygens (including phenoxy) is 2. The Hall–Kier alpha value is -2.42. The summed E-state index contributed by atoms with van der Waals surface area (Å²) in [5, 5.41) is 9.95. The second kappa shape index (κ2) is 8.98. The van der Waals surface area contributed by atoms with Crippen LogP contribution in [-0.2, 0) is 11.3 Å². The molecule has 1 amide bonds. The third-order valence-electron chi connectivity index (χ3n) is 4.23. The van der Waals surface area contributed by atoms with Gasteiger partial charge in [0.1, 0.15) is 13.2 Å². The molecule has 0 saturated carbocycles. The smallest absolute Gasteiger partial charge is 0.343 e. The van der Waals surface area contributed by atoms with Crippen LogP contribution in [0.25, 0.3) is 0 Å². The van der Waals surface area contributed by atoms with E-state index in [1.165, 1.54) is 11.8 Å². The summed E-state index contributed by atoms with van der Waals surface area (Å²) in [6, 6.07) is 5.50. The molecule has 2 aromatic rings. The SMILES string of the molecule is CCCCn1c(SCC(=O)N[C@H](C)c2ccc3c(c2)OCCO3)n[nH]c1=O. The maximum Gasteiger partial charge on any atom is 0.343 e. The fourth-order valence-corrected chi connectivity index (χ4v) is 3.54. The fraction of sp³-hybridized carbons (Fsp3) is 0.500. The Morgan fingerprint density at radius 2 is 2.15 bits per heavy atom. The van der Waals surface area contributed by atoms with Gasteiger partial charge in [-0.2, -0.15) is 0 Å². The number of H-pyrrole nitrogens is 1. The molecule has 1 atom stereocenters. The third kappa shape index (κ3) is 4.85. The van der Waals surface area contributed by atoms with Crippen molar-refractivity contribution >= 4 is 17.7 Å². The number of fused-ring (bicyclic) bond motifs is 1. The highest BCUT2D eigenvalue weighted by Crippen LogP contribution is 2.32. The van der Waals surface area contributed by atoms with Crippen molar-refractivity contribution in [2.45, 2.75) is 44.4 Å². The van der Waals surface area contributed by atoms with Crippen molar-refractivity contribution in [2.75, 3.05) is 19.0 Å². The minimum atomic E-state index is -0.240. The van der Waals surface area contributed by atoms with Gasteiger partial charge in [-0.05, 0) is 31.0 Å². The molecule has 1 aromatic heterocycles. The topological polar surface area (TPSA) is 98.2 Å². The highest BCUT2D eigenvalue weighted by atomic mass is 32.2. The number of carbonyl (C=O) groups is 1. The number of aromatic amines is 1. The molecule has 0 bridgehead atoms. The van der Waals surface area contributed by atoms with Gasteiger partial charge in [0.25, 0.3) is 0 Å². The van der Waals surface area contributed by atoms with Gasteiger partial charge in [0, 0.05) is 6.54 Å². The van der Waals surface area contributed by atoms with Crippen LogP contribution < -0.4 is 20.5 Å². The zero-order chi connectivity index (χ0) is 19.2. The Kier molecular flexibility index (Phi) is 6.44. The molecule has 0 aliphatic carbocycles. The van der Waals surface area contributed by atoms with Gasteiger partial charge in [0.2, 0.25) is 5.91 Å². The maximum absolute atomic E-state index is 12.3. The van der Waals surface area contributed by atoms with E-state index in [9.17, 15) is 9.59 Å². The molecule has 0 saturated heterocycles. The molecule has 27 heavy (non-hydrogen) atoms. The lowest BCUT2D eigenvalue weighted by molar-refractivity contribution is -0.119. The lowest BCUT2D eigenvalue weighted by atomic mass is 10.1. The highest BCUT2D eigenvalue weighted by Gasteiger charge is 2.17. The Morgan fingerprint density at radius 1 is 1.37 bits per heavy atom. The molecule has 2 heterocycles. The van der Waals surface area contributed by atoms with Crippen LogP contribution in [0.2, 0.25) is 0 Å². The monoisotopic (exact) mass is 392 g/mol. The molecular formula is C18H24N4O4S. The first-order valence-electron chi connectivity index (χ1n) is 9.05. The van der Waals surface area contributed by atoms with Gasteiger partial charge in [-0.15, -0.1) is 5.10 Å². The molecule has 2 N–H and O–H groups in total. The molecule has 146 valence electrons. The van der Waals surface area contributed by atoms with E-state index < -0.39 is 0 Å². The van der Waals surface area contributed by atoms with Gasteiger partial charge in [-0.3, -0.25) is 9.36 Å². The van der Waals surface area contributed by atoms with Gasteiger partial charge in [-0.25, -0.2) is 9.89 Å². The van der Waals surface area contributed by atoms with E-state index in [1.807, 2.05) is 25.1 Å². The summed E-state index contributed by atoms with van der Waals surface area (Å²) in [7, 11) is 0. The number of hydrogen-bond donors (Lipinski definition) is 2. The number of unbranched alkanes of at least 4 members (excludes halogenated alkanes) is 1. The van der Waals surface area contributed by atoms with Crippen molar-refractivity contribution < 1.29 is 14.3 Å². The molecule has 0 radical (unpaired) electrons.